The Balaban J connectivity index is 0.00000121. The molecule has 0 bridgehead atoms. The number of aromatic nitrogens is 2. The van der Waals surface area contributed by atoms with E-state index in [1.54, 1.807) is 0 Å². The lowest BCUT2D eigenvalue weighted by atomic mass is 10.2. The molecule has 0 saturated carbocycles. The molecule has 1 aromatic heterocycles. The second-order valence-electron chi connectivity index (χ2n) is 1.98. The first-order valence-electron chi connectivity index (χ1n) is 2.93. The van der Waals surface area contributed by atoms with E-state index in [0.29, 0.717) is 0 Å². The van der Waals surface area contributed by atoms with E-state index < -0.39 is 11.5 Å². The maximum absolute atomic E-state index is 10.8. The number of carbonyl (C=O) groups is 1. The standard InChI is InChI=1S/C6H6N2O3.ClH/c9-5(10)1-4-2-7-3-8-6(4)11;/h2-3H,1H2,(H,9,10)(H,7,8,11);1H. The zero-order valence-corrected chi connectivity index (χ0v) is 6.80. The maximum Gasteiger partial charge on any atom is 0.308 e. The van der Waals surface area contributed by atoms with E-state index in [1.165, 1.54) is 12.5 Å². The van der Waals surface area contributed by atoms with Crippen LogP contribution in [0, 0.1) is 0 Å². The highest BCUT2D eigenvalue weighted by Gasteiger charge is 2.03. The van der Waals surface area contributed by atoms with Crippen molar-refractivity contribution < 1.29 is 9.90 Å². The lowest BCUT2D eigenvalue weighted by Gasteiger charge is -1.91. The summed E-state index contributed by atoms with van der Waals surface area (Å²) in [6.45, 7) is 0. The minimum atomic E-state index is -1.04. The molecule has 0 aromatic carbocycles. The molecule has 0 spiro atoms. The van der Waals surface area contributed by atoms with Crippen molar-refractivity contribution in [2.75, 3.05) is 0 Å². The summed E-state index contributed by atoms with van der Waals surface area (Å²) in [5.74, 6) is -1.04. The highest BCUT2D eigenvalue weighted by atomic mass is 35.5. The summed E-state index contributed by atoms with van der Waals surface area (Å²) < 4.78 is 0. The van der Waals surface area contributed by atoms with E-state index in [4.69, 9.17) is 5.11 Å². The van der Waals surface area contributed by atoms with Gasteiger partial charge in [-0.3, -0.25) is 9.59 Å². The monoisotopic (exact) mass is 190 g/mol. The summed E-state index contributed by atoms with van der Waals surface area (Å²) in [7, 11) is 0. The van der Waals surface area contributed by atoms with Crippen LogP contribution < -0.4 is 5.56 Å². The molecule has 0 aliphatic rings. The van der Waals surface area contributed by atoms with Crippen molar-refractivity contribution in [1.82, 2.24) is 9.97 Å². The van der Waals surface area contributed by atoms with Gasteiger partial charge in [0.1, 0.15) is 0 Å². The fourth-order valence-corrected chi connectivity index (χ4v) is 0.663. The van der Waals surface area contributed by atoms with E-state index in [9.17, 15) is 9.59 Å². The molecule has 6 heteroatoms. The fraction of sp³-hybridized carbons (Fsp3) is 0.167. The van der Waals surface area contributed by atoms with Crippen molar-refractivity contribution in [3.8, 4) is 0 Å². The third kappa shape index (κ3) is 2.71. The van der Waals surface area contributed by atoms with Crippen LogP contribution in [0.4, 0.5) is 0 Å². The molecule has 1 rings (SSSR count). The Bertz CT molecular complexity index is 323. The summed E-state index contributed by atoms with van der Waals surface area (Å²) in [6, 6.07) is 0. The molecule has 0 atom stereocenters. The number of aliphatic carboxylic acids is 1. The molecule has 0 aliphatic heterocycles. The Morgan fingerprint density at radius 1 is 1.67 bits per heavy atom. The van der Waals surface area contributed by atoms with Gasteiger partial charge < -0.3 is 10.1 Å². The van der Waals surface area contributed by atoms with Crippen molar-refractivity contribution in [2.24, 2.45) is 0 Å². The molecule has 0 unspecified atom stereocenters. The van der Waals surface area contributed by atoms with Gasteiger partial charge in [0.25, 0.3) is 5.56 Å². The molecule has 1 heterocycles. The highest BCUT2D eigenvalue weighted by molar-refractivity contribution is 5.85. The van der Waals surface area contributed by atoms with Gasteiger partial charge in [-0.1, -0.05) is 0 Å². The second-order valence-corrected chi connectivity index (χ2v) is 1.98. The lowest BCUT2D eigenvalue weighted by molar-refractivity contribution is -0.136. The summed E-state index contributed by atoms with van der Waals surface area (Å²) in [6.07, 6.45) is 2.17. The van der Waals surface area contributed by atoms with Gasteiger partial charge in [-0.05, 0) is 0 Å². The number of hydrogen-bond donors (Lipinski definition) is 2. The number of hydrogen-bond acceptors (Lipinski definition) is 3. The number of rotatable bonds is 2. The molecule has 1 aromatic rings. The first-order chi connectivity index (χ1) is 5.20. The zero-order valence-electron chi connectivity index (χ0n) is 5.98. The predicted octanol–water partition coefficient (Wildman–Crippen LogP) is -0.181. The van der Waals surface area contributed by atoms with Crippen LogP contribution >= 0.6 is 12.4 Å². The largest absolute Gasteiger partial charge is 0.481 e. The molecule has 5 nitrogen and oxygen atoms in total. The second kappa shape index (κ2) is 4.50. The molecule has 12 heavy (non-hydrogen) atoms. The molecule has 0 amide bonds. The van der Waals surface area contributed by atoms with E-state index in [1.807, 2.05) is 0 Å². The van der Waals surface area contributed by atoms with Gasteiger partial charge in [-0.25, -0.2) is 4.98 Å². The van der Waals surface area contributed by atoms with Gasteiger partial charge in [0.05, 0.1) is 12.7 Å². The molecule has 0 saturated heterocycles. The van der Waals surface area contributed by atoms with Gasteiger partial charge in [0.2, 0.25) is 0 Å². The number of nitrogens with zero attached hydrogens (tertiary/aromatic N) is 1. The number of carboxylic acids is 1. The lowest BCUT2D eigenvalue weighted by Crippen LogP contribution is -2.15. The van der Waals surface area contributed by atoms with Crippen LogP contribution in [0.25, 0.3) is 0 Å². The Hall–Kier alpha value is -1.36. The third-order valence-corrected chi connectivity index (χ3v) is 1.13. The van der Waals surface area contributed by atoms with Crippen LogP contribution in [0.3, 0.4) is 0 Å². The van der Waals surface area contributed by atoms with Crippen molar-refractivity contribution in [3.05, 3.63) is 28.4 Å². The quantitative estimate of drug-likeness (QED) is 0.678. The maximum atomic E-state index is 10.8. The van der Waals surface area contributed by atoms with E-state index in [0.717, 1.165) is 0 Å². The summed E-state index contributed by atoms with van der Waals surface area (Å²) in [4.78, 5) is 26.8. The van der Waals surface area contributed by atoms with Gasteiger partial charge in [0, 0.05) is 11.8 Å². The Labute approximate surface area is 73.9 Å². The number of halogens is 1. The van der Waals surface area contributed by atoms with Crippen LogP contribution in [0.2, 0.25) is 0 Å². The Morgan fingerprint density at radius 3 is 2.83 bits per heavy atom. The van der Waals surface area contributed by atoms with Gasteiger partial charge in [-0.2, -0.15) is 0 Å². The van der Waals surface area contributed by atoms with Crippen molar-refractivity contribution in [2.45, 2.75) is 6.42 Å². The molecule has 66 valence electrons. The average molecular weight is 191 g/mol. The molecule has 0 aliphatic carbocycles. The number of nitrogens with one attached hydrogen (secondary N) is 1. The summed E-state index contributed by atoms with van der Waals surface area (Å²) >= 11 is 0. The Kier molecular flexibility index (Phi) is 3.99. The molecule has 0 radical (unpaired) electrons. The van der Waals surface area contributed by atoms with Crippen LogP contribution in [0.5, 0.6) is 0 Å². The van der Waals surface area contributed by atoms with Crippen molar-refractivity contribution in [3.63, 3.8) is 0 Å². The normalized spacial score (nSPS) is 8.67. The van der Waals surface area contributed by atoms with Crippen LogP contribution in [0.15, 0.2) is 17.3 Å². The van der Waals surface area contributed by atoms with Crippen molar-refractivity contribution >= 4 is 18.4 Å². The van der Waals surface area contributed by atoms with E-state index in [-0.39, 0.29) is 24.4 Å². The SMILES string of the molecule is Cl.O=C(O)Cc1cnc[nH]c1=O. The van der Waals surface area contributed by atoms with Gasteiger partial charge >= 0.3 is 5.97 Å². The first kappa shape index (κ1) is 10.6. The number of H-pyrrole nitrogens is 1. The molecule has 2 N–H and O–H groups in total. The van der Waals surface area contributed by atoms with Crippen LogP contribution in [-0.2, 0) is 11.2 Å². The third-order valence-electron chi connectivity index (χ3n) is 1.13. The minimum Gasteiger partial charge on any atom is -0.481 e. The average Bonchev–Trinajstić information content (AvgIpc) is 1.93. The van der Waals surface area contributed by atoms with Crippen molar-refractivity contribution in [1.29, 1.82) is 0 Å². The summed E-state index contributed by atoms with van der Waals surface area (Å²) in [5.41, 5.74) is -0.234. The molecule has 0 fully saturated rings. The highest BCUT2D eigenvalue weighted by Crippen LogP contribution is 1.86. The first-order valence-corrected chi connectivity index (χ1v) is 2.93. The Morgan fingerprint density at radius 2 is 2.33 bits per heavy atom. The number of aromatic amines is 1. The van der Waals surface area contributed by atoms with Gasteiger partial charge in [0.15, 0.2) is 0 Å². The topological polar surface area (TPSA) is 83.0 Å². The molecular weight excluding hydrogens is 184 g/mol. The van der Waals surface area contributed by atoms with Gasteiger partial charge in [-0.15, -0.1) is 12.4 Å². The van der Waals surface area contributed by atoms with Crippen LogP contribution in [0.1, 0.15) is 5.56 Å². The predicted molar refractivity (Wildman–Crippen MR) is 43.4 cm³/mol. The zero-order chi connectivity index (χ0) is 8.27. The van der Waals surface area contributed by atoms with E-state index >= 15 is 0 Å². The van der Waals surface area contributed by atoms with Crippen LogP contribution in [-0.4, -0.2) is 21.0 Å². The van der Waals surface area contributed by atoms with E-state index in [2.05, 4.69) is 9.97 Å². The fourth-order valence-electron chi connectivity index (χ4n) is 0.663. The minimum absolute atomic E-state index is 0. The molecular formula is C6H7ClN2O3. The summed E-state index contributed by atoms with van der Waals surface area (Å²) in [5, 5.41) is 8.31. The smallest absolute Gasteiger partial charge is 0.308 e. The number of carboxylic acid groups (broad SMARTS) is 1.